The minimum atomic E-state index is 0.265. The van der Waals surface area contributed by atoms with E-state index < -0.39 is 0 Å². The lowest BCUT2D eigenvalue weighted by atomic mass is 9.85. The molecule has 1 aromatic rings. The van der Waals surface area contributed by atoms with Crippen LogP contribution in [0.2, 0.25) is 0 Å². The zero-order valence-electron chi connectivity index (χ0n) is 12.4. The molecular formula is C16H27NO. The molecule has 102 valence electrons. The van der Waals surface area contributed by atoms with Crippen LogP contribution in [-0.4, -0.2) is 20.2 Å². The lowest BCUT2D eigenvalue weighted by molar-refractivity contribution is 0.329. The molecule has 0 radical (unpaired) electrons. The fourth-order valence-corrected chi connectivity index (χ4v) is 2.10. The van der Waals surface area contributed by atoms with Crippen molar-refractivity contribution in [3.05, 3.63) is 29.8 Å². The first-order valence-corrected chi connectivity index (χ1v) is 6.76. The van der Waals surface area contributed by atoms with Crippen LogP contribution < -0.4 is 10.1 Å². The highest BCUT2D eigenvalue weighted by molar-refractivity contribution is 5.29. The van der Waals surface area contributed by atoms with E-state index in [1.807, 2.05) is 6.07 Å². The topological polar surface area (TPSA) is 21.3 Å². The highest BCUT2D eigenvalue weighted by Crippen LogP contribution is 2.23. The van der Waals surface area contributed by atoms with Gasteiger partial charge in [-0.15, -0.1) is 0 Å². The molecular weight excluding hydrogens is 222 g/mol. The maximum atomic E-state index is 5.27. The summed E-state index contributed by atoms with van der Waals surface area (Å²) in [5.74, 6) is 1.65. The fraction of sp³-hybridized carbons (Fsp3) is 0.625. The molecule has 2 heteroatoms. The molecule has 0 amide bonds. The lowest BCUT2D eigenvalue weighted by Crippen LogP contribution is -2.33. The van der Waals surface area contributed by atoms with E-state index in [1.54, 1.807) is 7.11 Å². The highest BCUT2D eigenvalue weighted by atomic mass is 16.5. The third kappa shape index (κ3) is 5.54. The molecule has 0 aliphatic rings. The average Bonchev–Trinajstić information content (AvgIpc) is 2.27. The number of ether oxygens (including phenoxy) is 1. The number of hydrogen-bond donors (Lipinski definition) is 1. The van der Waals surface area contributed by atoms with Crippen molar-refractivity contribution in [2.24, 2.45) is 11.3 Å². The summed E-state index contributed by atoms with van der Waals surface area (Å²) in [4.78, 5) is 0. The zero-order valence-corrected chi connectivity index (χ0v) is 12.4. The third-order valence-electron chi connectivity index (χ3n) is 2.97. The molecule has 0 fully saturated rings. The molecule has 0 unspecified atom stereocenters. The predicted molar refractivity (Wildman–Crippen MR) is 78.2 cm³/mol. The van der Waals surface area contributed by atoms with E-state index in [-0.39, 0.29) is 5.41 Å². The second-order valence-electron chi connectivity index (χ2n) is 6.22. The van der Waals surface area contributed by atoms with E-state index in [0.29, 0.717) is 5.92 Å². The Morgan fingerprint density at radius 3 is 2.61 bits per heavy atom. The second-order valence-corrected chi connectivity index (χ2v) is 6.22. The molecule has 0 spiro atoms. The fourth-order valence-electron chi connectivity index (χ4n) is 2.10. The van der Waals surface area contributed by atoms with Crippen molar-refractivity contribution < 1.29 is 4.74 Å². The molecule has 0 saturated carbocycles. The summed E-state index contributed by atoms with van der Waals surface area (Å²) in [5, 5.41) is 3.54. The molecule has 0 aromatic heterocycles. The van der Waals surface area contributed by atoms with Gasteiger partial charge in [-0.1, -0.05) is 39.8 Å². The Kier molecular flexibility index (Phi) is 5.67. The molecule has 0 atom stereocenters. The largest absolute Gasteiger partial charge is 0.497 e. The van der Waals surface area contributed by atoms with Gasteiger partial charge in [0.05, 0.1) is 7.11 Å². The van der Waals surface area contributed by atoms with Crippen LogP contribution in [-0.2, 0) is 6.42 Å². The Morgan fingerprint density at radius 2 is 2.00 bits per heavy atom. The molecule has 0 saturated heterocycles. The van der Waals surface area contributed by atoms with E-state index in [9.17, 15) is 0 Å². The molecule has 0 aliphatic carbocycles. The first kappa shape index (κ1) is 15.0. The van der Waals surface area contributed by atoms with Crippen molar-refractivity contribution in [3.63, 3.8) is 0 Å². The monoisotopic (exact) mass is 249 g/mol. The standard InChI is InChI=1S/C16H27NO/c1-13(2)11-17-12-16(3,4)10-14-7-6-8-15(9-14)18-5/h6-9,13,17H,10-12H2,1-5H3. The Bertz CT molecular complexity index is 358. The molecule has 18 heavy (non-hydrogen) atoms. The van der Waals surface area contributed by atoms with Gasteiger partial charge in [0.15, 0.2) is 0 Å². The van der Waals surface area contributed by atoms with Gasteiger partial charge in [-0.3, -0.25) is 0 Å². The van der Waals surface area contributed by atoms with E-state index in [2.05, 4.69) is 51.2 Å². The highest BCUT2D eigenvalue weighted by Gasteiger charge is 2.18. The SMILES string of the molecule is COc1cccc(CC(C)(C)CNCC(C)C)c1. The number of rotatable bonds is 7. The minimum absolute atomic E-state index is 0.265. The molecule has 1 aromatic carbocycles. The summed E-state index contributed by atoms with van der Waals surface area (Å²) < 4.78 is 5.27. The molecule has 0 aliphatic heterocycles. The lowest BCUT2D eigenvalue weighted by Gasteiger charge is -2.26. The molecule has 0 bridgehead atoms. The van der Waals surface area contributed by atoms with Gasteiger partial charge in [-0.05, 0) is 42.0 Å². The van der Waals surface area contributed by atoms with E-state index in [0.717, 1.165) is 25.3 Å². The Balaban J connectivity index is 2.52. The summed E-state index contributed by atoms with van der Waals surface area (Å²) in [6.45, 7) is 11.2. The van der Waals surface area contributed by atoms with Crippen LogP contribution in [0.25, 0.3) is 0 Å². The molecule has 2 nitrogen and oxygen atoms in total. The Hall–Kier alpha value is -1.02. The summed E-state index contributed by atoms with van der Waals surface area (Å²) >= 11 is 0. The minimum Gasteiger partial charge on any atom is -0.497 e. The van der Waals surface area contributed by atoms with Gasteiger partial charge in [-0.25, -0.2) is 0 Å². The van der Waals surface area contributed by atoms with E-state index in [4.69, 9.17) is 4.74 Å². The first-order valence-electron chi connectivity index (χ1n) is 6.76. The number of benzene rings is 1. The van der Waals surface area contributed by atoms with Crippen LogP contribution in [0.15, 0.2) is 24.3 Å². The summed E-state index contributed by atoms with van der Waals surface area (Å²) in [6, 6.07) is 8.36. The van der Waals surface area contributed by atoms with Gasteiger partial charge in [-0.2, -0.15) is 0 Å². The van der Waals surface area contributed by atoms with Crippen LogP contribution in [0.4, 0.5) is 0 Å². The van der Waals surface area contributed by atoms with Crippen molar-refractivity contribution in [1.29, 1.82) is 0 Å². The van der Waals surface area contributed by atoms with Crippen LogP contribution in [0.5, 0.6) is 5.75 Å². The third-order valence-corrected chi connectivity index (χ3v) is 2.97. The number of hydrogen-bond acceptors (Lipinski definition) is 2. The van der Waals surface area contributed by atoms with Crippen molar-refractivity contribution in [2.45, 2.75) is 34.1 Å². The van der Waals surface area contributed by atoms with Gasteiger partial charge in [0.1, 0.15) is 5.75 Å². The summed E-state index contributed by atoms with van der Waals surface area (Å²) in [6.07, 6.45) is 1.06. The summed E-state index contributed by atoms with van der Waals surface area (Å²) in [7, 11) is 1.72. The van der Waals surface area contributed by atoms with Crippen LogP contribution in [0.1, 0.15) is 33.3 Å². The Morgan fingerprint density at radius 1 is 1.28 bits per heavy atom. The normalized spacial score (nSPS) is 11.9. The number of methoxy groups -OCH3 is 1. The van der Waals surface area contributed by atoms with Crippen molar-refractivity contribution >= 4 is 0 Å². The van der Waals surface area contributed by atoms with Crippen molar-refractivity contribution in [2.75, 3.05) is 20.2 Å². The predicted octanol–water partition coefficient (Wildman–Crippen LogP) is 3.51. The van der Waals surface area contributed by atoms with Crippen LogP contribution in [0, 0.1) is 11.3 Å². The quantitative estimate of drug-likeness (QED) is 0.798. The van der Waals surface area contributed by atoms with Gasteiger partial charge in [0, 0.05) is 6.54 Å². The smallest absolute Gasteiger partial charge is 0.119 e. The average molecular weight is 249 g/mol. The van der Waals surface area contributed by atoms with E-state index in [1.165, 1.54) is 5.56 Å². The van der Waals surface area contributed by atoms with Gasteiger partial charge in [0.25, 0.3) is 0 Å². The van der Waals surface area contributed by atoms with Crippen LogP contribution >= 0.6 is 0 Å². The second kappa shape index (κ2) is 6.79. The van der Waals surface area contributed by atoms with Gasteiger partial charge >= 0.3 is 0 Å². The van der Waals surface area contributed by atoms with Gasteiger partial charge < -0.3 is 10.1 Å². The molecule has 1 N–H and O–H groups in total. The number of nitrogens with one attached hydrogen (secondary N) is 1. The maximum absolute atomic E-state index is 5.27. The van der Waals surface area contributed by atoms with E-state index >= 15 is 0 Å². The molecule has 1 rings (SSSR count). The zero-order chi connectivity index (χ0) is 13.6. The summed E-state index contributed by atoms with van der Waals surface area (Å²) in [5.41, 5.74) is 1.60. The maximum Gasteiger partial charge on any atom is 0.119 e. The first-order chi connectivity index (χ1) is 8.43. The Labute approximate surface area is 112 Å². The van der Waals surface area contributed by atoms with Crippen LogP contribution in [0.3, 0.4) is 0 Å². The van der Waals surface area contributed by atoms with Crippen molar-refractivity contribution in [1.82, 2.24) is 5.32 Å². The molecule has 0 heterocycles. The van der Waals surface area contributed by atoms with Crippen molar-refractivity contribution in [3.8, 4) is 5.75 Å². The van der Waals surface area contributed by atoms with Gasteiger partial charge in [0.2, 0.25) is 0 Å².